The molecule has 19 heavy (non-hydrogen) atoms. The van der Waals surface area contributed by atoms with Crippen LogP contribution >= 0.6 is 0 Å². The van der Waals surface area contributed by atoms with Gasteiger partial charge in [0.05, 0.1) is 18.3 Å². The molecular formula is C15H22O4. The van der Waals surface area contributed by atoms with Gasteiger partial charge in [-0.15, -0.1) is 0 Å². The largest absolute Gasteiger partial charge is 0.460 e. The molecule has 4 heteroatoms. The third-order valence-corrected chi connectivity index (χ3v) is 2.82. The van der Waals surface area contributed by atoms with Crippen molar-refractivity contribution in [2.75, 3.05) is 7.11 Å². The van der Waals surface area contributed by atoms with Crippen LogP contribution in [-0.2, 0) is 14.3 Å². The van der Waals surface area contributed by atoms with Gasteiger partial charge in [0.1, 0.15) is 0 Å². The molecule has 0 saturated heterocycles. The van der Waals surface area contributed by atoms with Gasteiger partial charge in [-0.1, -0.05) is 24.3 Å². The van der Waals surface area contributed by atoms with Gasteiger partial charge in [0.15, 0.2) is 0 Å². The fourth-order valence-corrected chi connectivity index (χ4v) is 1.74. The van der Waals surface area contributed by atoms with E-state index >= 15 is 0 Å². The highest BCUT2D eigenvalue weighted by Crippen LogP contribution is 2.08. The number of aliphatic hydroxyl groups excluding tert-OH is 1. The Morgan fingerprint density at radius 1 is 1.32 bits per heavy atom. The molecule has 0 saturated carbocycles. The van der Waals surface area contributed by atoms with Crippen LogP contribution in [0.5, 0.6) is 0 Å². The Bertz CT molecular complexity index is 357. The number of methoxy groups -OCH3 is 1. The van der Waals surface area contributed by atoms with E-state index in [1.54, 1.807) is 19.3 Å². The Balaban J connectivity index is 2.73. The van der Waals surface area contributed by atoms with E-state index in [0.717, 1.165) is 19.3 Å². The van der Waals surface area contributed by atoms with Gasteiger partial charge < -0.3 is 14.6 Å². The smallest absolute Gasteiger partial charge is 0.330 e. The number of cyclic esters (lactones) is 1. The van der Waals surface area contributed by atoms with E-state index < -0.39 is 12.1 Å². The summed E-state index contributed by atoms with van der Waals surface area (Å²) in [6.45, 7) is 1.87. The van der Waals surface area contributed by atoms with Crippen LogP contribution in [0, 0.1) is 0 Å². The molecule has 0 aromatic rings. The second kappa shape index (κ2) is 8.67. The Kier molecular flexibility index (Phi) is 7.15. The topological polar surface area (TPSA) is 55.8 Å². The molecule has 4 nitrogen and oxygen atoms in total. The van der Waals surface area contributed by atoms with Crippen LogP contribution in [-0.4, -0.2) is 36.5 Å². The number of esters is 1. The fourth-order valence-electron chi connectivity index (χ4n) is 1.74. The van der Waals surface area contributed by atoms with Crippen molar-refractivity contribution in [3.8, 4) is 0 Å². The average molecular weight is 266 g/mol. The highest BCUT2D eigenvalue weighted by molar-refractivity contribution is 5.82. The third-order valence-electron chi connectivity index (χ3n) is 2.82. The summed E-state index contributed by atoms with van der Waals surface area (Å²) in [5.41, 5.74) is 0. The number of rotatable bonds is 1. The van der Waals surface area contributed by atoms with Gasteiger partial charge in [-0.2, -0.15) is 0 Å². The first-order chi connectivity index (χ1) is 9.11. The molecule has 106 valence electrons. The molecule has 1 rings (SSSR count). The van der Waals surface area contributed by atoms with E-state index in [0.29, 0.717) is 0 Å². The van der Waals surface area contributed by atoms with Crippen molar-refractivity contribution in [3.05, 3.63) is 36.5 Å². The van der Waals surface area contributed by atoms with Gasteiger partial charge in [0.25, 0.3) is 0 Å². The van der Waals surface area contributed by atoms with Gasteiger partial charge in [0.2, 0.25) is 0 Å². The van der Waals surface area contributed by atoms with E-state index in [9.17, 15) is 9.90 Å². The van der Waals surface area contributed by atoms with Crippen molar-refractivity contribution in [1.29, 1.82) is 0 Å². The normalized spacial score (nSPS) is 34.9. The second-order valence-corrected chi connectivity index (χ2v) is 4.54. The summed E-state index contributed by atoms with van der Waals surface area (Å²) in [7, 11) is 1.62. The molecule has 0 spiro atoms. The lowest BCUT2D eigenvalue weighted by Crippen LogP contribution is -2.13. The van der Waals surface area contributed by atoms with E-state index in [1.807, 2.05) is 19.1 Å². The van der Waals surface area contributed by atoms with Gasteiger partial charge in [0, 0.05) is 13.2 Å². The van der Waals surface area contributed by atoms with E-state index in [4.69, 9.17) is 9.47 Å². The molecule has 1 unspecified atom stereocenters. The standard InChI is InChI=1S/C15H22O4/c1-12-6-4-3-5-7-14(18-2)10-8-13(16)9-11-15(17)19-12/h5,7-14,16H,3-4,6H2,1-2H3/b7-5-,10-8-,11-9+/t12-,13-,14?/m0/s1. The molecule has 0 radical (unpaired) electrons. The van der Waals surface area contributed by atoms with Crippen molar-refractivity contribution < 1.29 is 19.4 Å². The van der Waals surface area contributed by atoms with Crippen molar-refractivity contribution >= 4 is 5.97 Å². The molecule has 0 aromatic carbocycles. The number of carbonyl (C=O) groups excluding carboxylic acids is 1. The van der Waals surface area contributed by atoms with Crippen LogP contribution in [0.25, 0.3) is 0 Å². The maximum absolute atomic E-state index is 11.4. The van der Waals surface area contributed by atoms with Crippen LogP contribution in [0.3, 0.4) is 0 Å². The number of carbonyl (C=O) groups is 1. The van der Waals surface area contributed by atoms with Crippen LogP contribution in [0.2, 0.25) is 0 Å². The van der Waals surface area contributed by atoms with Crippen molar-refractivity contribution in [2.45, 2.75) is 44.5 Å². The number of hydrogen-bond donors (Lipinski definition) is 1. The minimum atomic E-state index is -0.822. The molecular weight excluding hydrogens is 244 g/mol. The third kappa shape index (κ3) is 6.94. The Morgan fingerprint density at radius 3 is 2.84 bits per heavy atom. The highest BCUT2D eigenvalue weighted by atomic mass is 16.5. The molecule has 1 N–H and O–H groups in total. The average Bonchev–Trinajstić information content (AvgIpc) is 2.38. The molecule has 1 aliphatic rings. The molecule has 0 aliphatic carbocycles. The zero-order valence-corrected chi connectivity index (χ0v) is 11.5. The summed E-state index contributed by atoms with van der Waals surface area (Å²) < 4.78 is 10.4. The molecule has 0 bridgehead atoms. The molecule has 1 heterocycles. The van der Waals surface area contributed by atoms with Gasteiger partial charge >= 0.3 is 5.97 Å². The first kappa shape index (κ1) is 15.7. The Hall–Kier alpha value is -1.39. The van der Waals surface area contributed by atoms with E-state index in [2.05, 4.69) is 0 Å². The Morgan fingerprint density at radius 2 is 2.11 bits per heavy atom. The summed E-state index contributed by atoms with van der Waals surface area (Å²) in [5, 5.41) is 9.65. The van der Waals surface area contributed by atoms with Crippen LogP contribution in [0.15, 0.2) is 36.5 Å². The number of ether oxygens (including phenoxy) is 2. The molecule has 1 aliphatic heterocycles. The van der Waals surface area contributed by atoms with Crippen LogP contribution in [0.4, 0.5) is 0 Å². The van der Waals surface area contributed by atoms with Crippen LogP contribution in [0.1, 0.15) is 26.2 Å². The monoisotopic (exact) mass is 266 g/mol. The molecule has 0 amide bonds. The van der Waals surface area contributed by atoms with Gasteiger partial charge in [-0.05, 0) is 32.3 Å². The fraction of sp³-hybridized carbons (Fsp3) is 0.533. The molecule has 0 fully saturated rings. The van der Waals surface area contributed by atoms with Gasteiger partial charge in [-0.3, -0.25) is 0 Å². The SMILES string of the molecule is COC1/C=C\CCC[C@H](C)OC(=O)/C=C/[C@@H](O)/C=C\1. The second-order valence-electron chi connectivity index (χ2n) is 4.54. The van der Waals surface area contributed by atoms with Crippen molar-refractivity contribution in [2.24, 2.45) is 0 Å². The lowest BCUT2D eigenvalue weighted by Gasteiger charge is -2.12. The summed E-state index contributed by atoms with van der Waals surface area (Å²) in [5.74, 6) is -0.421. The zero-order valence-electron chi connectivity index (χ0n) is 11.5. The van der Waals surface area contributed by atoms with E-state index in [1.165, 1.54) is 12.2 Å². The minimum Gasteiger partial charge on any atom is -0.460 e. The number of aliphatic hydroxyl groups is 1. The number of hydrogen-bond acceptors (Lipinski definition) is 4. The first-order valence-electron chi connectivity index (χ1n) is 6.56. The summed E-state index contributed by atoms with van der Waals surface area (Å²) in [6, 6.07) is 0. The van der Waals surface area contributed by atoms with Crippen molar-refractivity contribution in [3.63, 3.8) is 0 Å². The zero-order chi connectivity index (χ0) is 14.1. The maximum atomic E-state index is 11.4. The quantitative estimate of drug-likeness (QED) is 0.583. The predicted molar refractivity (Wildman–Crippen MR) is 73.6 cm³/mol. The van der Waals surface area contributed by atoms with Crippen molar-refractivity contribution in [1.82, 2.24) is 0 Å². The maximum Gasteiger partial charge on any atom is 0.330 e. The highest BCUT2D eigenvalue weighted by Gasteiger charge is 2.07. The lowest BCUT2D eigenvalue weighted by atomic mass is 10.1. The summed E-state index contributed by atoms with van der Waals surface area (Å²) >= 11 is 0. The first-order valence-corrected chi connectivity index (χ1v) is 6.56. The van der Waals surface area contributed by atoms with E-state index in [-0.39, 0.29) is 12.2 Å². The van der Waals surface area contributed by atoms with Gasteiger partial charge in [-0.25, -0.2) is 4.79 Å². The molecule has 0 aromatic heterocycles. The van der Waals surface area contributed by atoms with Crippen LogP contribution < -0.4 is 0 Å². The Labute approximate surface area is 114 Å². The summed E-state index contributed by atoms with van der Waals surface area (Å²) in [4.78, 5) is 11.4. The molecule has 3 atom stereocenters. The summed E-state index contributed by atoms with van der Waals surface area (Å²) in [6.07, 6.45) is 11.6. The minimum absolute atomic E-state index is 0.112. The lowest BCUT2D eigenvalue weighted by molar-refractivity contribution is -0.142. The number of allylic oxidation sites excluding steroid dienone is 1. The predicted octanol–water partition coefficient (Wildman–Crippen LogP) is 2.15.